The lowest BCUT2D eigenvalue weighted by molar-refractivity contribution is 0.588. The van der Waals surface area contributed by atoms with Crippen LogP contribution in [-0.2, 0) is 6.54 Å². The second kappa shape index (κ2) is 6.19. The number of anilines is 1. The molecule has 1 aliphatic heterocycles. The molecule has 3 heteroatoms. The molecule has 1 saturated heterocycles. The SMILES string of the molecule is CCC1CCCN1c1cc(CNC(C)C)ccn1. The predicted octanol–water partition coefficient (Wildman–Crippen LogP) is 2.96. The van der Waals surface area contributed by atoms with Gasteiger partial charge in [0.05, 0.1) is 0 Å². The van der Waals surface area contributed by atoms with Crippen LogP contribution in [0.15, 0.2) is 18.3 Å². The van der Waals surface area contributed by atoms with Gasteiger partial charge in [-0.05, 0) is 37.0 Å². The Labute approximate surface area is 111 Å². The van der Waals surface area contributed by atoms with E-state index in [2.05, 4.69) is 48.1 Å². The van der Waals surface area contributed by atoms with Gasteiger partial charge in [-0.1, -0.05) is 20.8 Å². The molecule has 0 bridgehead atoms. The van der Waals surface area contributed by atoms with E-state index >= 15 is 0 Å². The van der Waals surface area contributed by atoms with Gasteiger partial charge in [-0.25, -0.2) is 4.98 Å². The third-order valence-electron chi connectivity index (χ3n) is 3.67. The Morgan fingerprint density at radius 3 is 3.06 bits per heavy atom. The zero-order chi connectivity index (χ0) is 13.0. The fraction of sp³-hybridized carbons (Fsp3) is 0.667. The predicted molar refractivity (Wildman–Crippen MR) is 76.9 cm³/mol. The molecule has 1 N–H and O–H groups in total. The van der Waals surface area contributed by atoms with Crippen LogP contribution in [-0.4, -0.2) is 23.6 Å². The molecule has 0 saturated carbocycles. The second-order valence-electron chi connectivity index (χ2n) is 5.46. The summed E-state index contributed by atoms with van der Waals surface area (Å²) in [7, 11) is 0. The van der Waals surface area contributed by atoms with Crippen molar-refractivity contribution >= 4 is 5.82 Å². The van der Waals surface area contributed by atoms with Crippen molar-refractivity contribution < 1.29 is 0 Å². The Hall–Kier alpha value is -1.09. The smallest absolute Gasteiger partial charge is 0.129 e. The molecule has 1 fully saturated rings. The van der Waals surface area contributed by atoms with Crippen molar-refractivity contribution in [3.63, 3.8) is 0 Å². The zero-order valence-electron chi connectivity index (χ0n) is 11.8. The van der Waals surface area contributed by atoms with E-state index < -0.39 is 0 Å². The van der Waals surface area contributed by atoms with Crippen LogP contribution in [0.5, 0.6) is 0 Å². The molecule has 1 aromatic heterocycles. The van der Waals surface area contributed by atoms with E-state index in [9.17, 15) is 0 Å². The number of hydrogen-bond donors (Lipinski definition) is 1. The first-order chi connectivity index (χ1) is 8.70. The molecule has 1 aliphatic rings. The minimum Gasteiger partial charge on any atom is -0.354 e. The van der Waals surface area contributed by atoms with Crippen molar-refractivity contribution in [2.75, 3.05) is 11.4 Å². The van der Waals surface area contributed by atoms with Gasteiger partial charge >= 0.3 is 0 Å². The van der Waals surface area contributed by atoms with E-state index in [1.807, 2.05) is 6.20 Å². The van der Waals surface area contributed by atoms with Gasteiger partial charge in [0.15, 0.2) is 0 Å². The highest BCUT2D eigenvalue weighted by Gasteiger charge is 2.23. The fourth-order valence-electron chi connectivity index (χ4n) is 2.61. The van der Waals surface area contributed by atoms with Gasteiger partial charge in [0.2, 0.25) is 0 Å². The maximum Gasteiger partial charge on any atom is 0.129 e. The van der Waals surface area contributed by atoms with Gasteiger partial charge < -0.3 is 10.2 Å². The largest absolute Gasteiger partial charge is 0.354 e. The molecular formula is C15H25N3. The lowest BCUT2D eigenvalue weighted by Crippen LogP contribution is -2.29. The first-order valence-corrected chi connectivity index (χ1v) is 7.15. The lowest BCUT2D eigenvalue weighted by Gasteiger charge is -2.25. The summed E-state index contributed by atoms with van der Waals surface area (Å²) >= 11 is 0. The summed E-state index contributed by atoms with van der Waals surface area (Å²) < 4.78 is 0. The fourth-order valence-corrected chi connectivity index (χ4v) is 2.61. The molecule has 0 amide bonds. The third kappa shape index (κ3) is 3.22. The number of hydrogen-bond acceptors (Lipinski definition) is 3. The summed E-state index contributed by atoms with van der Waals surface area (Å²) in [6, 6.07) is 5.56. The van der Waals surface area contributed by atoms with Crippen molar-refractivity contribution in [2.45, 2.75) is 58.7 Å². The first-order valence-electron chi connectivity index (χ1n) is 7.15. The van der Waals surface area contributed by atoms with Gasteiger partial charge in [-0.15, -0.1) is 0 Å². The normalized spacial score (nSPS) is 19.8. The topological polar surface area (TPSA) is 28.2 Å². The molecule has 0 aromatic carbocycles. The van der Waals surface area contributed by atoms with Crippen molar-refractivity contribution in [3.8, 4) is 0 Å². The van der Waals surface area contributed by atoms with Crippen LogP contribution in [0.2, 0.25) is 0 Å². The van der Waals surface area contributed by atoms with Crippen LogP contribution in [0.25, 0.3) is 0 Å². The van der Waals surface area contributed by atoms with Gasteiger partial charge in [0.1, 0.15) is 5.82 Å². The van der Waals surface area contributed by atoms with Gasteiger partial charge in [0, 0.05) is 31.4 Å². The zero-order valence-corrected chi connectivity index (χ0v) is 11.8. The summed E-state index contributed by atoms with van der Waals surface area (Å²) in [5.41, 5.74) is 1.33. The maximum absolute atomic E-state index is 4.54. The quantitative estimate of drug-likeness (QED) is 0.867. The summed E-state index contributed by atoms with van der Waals surface area (Å²) in [5.74, 6) is 1.16. The van der Waals surface area contributed by atoms with Gasteiger partial charge in [0.25, 0.3) is 0 Å². The van der Waals surface area contributed by atoms with E-state index in [0.29, 0.717) is 12.1 Å². The highest BCUT2D eigenvalue weighted by atomic mass is 15.2. The Balaban J connectivity index is 2.06. The Morgan fingerprint density at radius 1 is 1.50 bits per heavy atom. The Bertz CT molecular complexity index is 376. The molecule has 0 spiro atoms. The van der Waals surface area contributed by atoms with Crippen LogP contribution in [0.3, 0.4) is 0 Å². The number of nitrogens with zero attached hydrogens (tertiary/aromatic N) is 2. The minimum absolute atomic E-state index is 0.525. The maximum atomic E-state index is 4.54. The molecule has 2 rings (SSSR count). The molecular weight excluding hydrogens is 222 g/mol. The summed E-state index contributed by atoms with van der Waals surface area (Å²) in [4.78, 5) is 7.02. The molecule has 100 valence electrons. The number of aromatic nitrogens is 1. The van der Waals surface area contributed by atoms with Crippen molar-refractivity contribution in [3.05, 3.63) is 23.9 Å². The highest BCUT2D eigenvalue weighted by Crippen LogP contribution is 2.25. The molecule has 3 nitrogen and oxygen atoms in total. The monoisotopic (exact) mass is 247 g/mol. The van der Waals surface area contributed by atoms with Gasteiger partial charge in [-0.3, -0.25) is 0 Å². The van der Waals surface area contributed by atoms with Crippen molar-refractivity contribution in [1.29, 1.82) is 0 Å². The average Bonchev–Trinajstić information content (AvgIpc) is 2.85. The van der Waals surface area contributed by atoms with E-state index in [-0.39, 0.29) is 0 Å². The summed E-state index contributed by atoms with van der Waals surface area (Å²) in [5, 5.41) is 3.46. The summed E-state index contributed by atoms with van der Waals surface area (Å²) in [6.45, 7) is 8.71. The Kier molecular flexibility index (Phi) is 4.59. The molecule has 1 atom stereocenters. The lowest BCUT2D eigenvalue weighted by atomic mass is 10.1. The van der Waals surface area contributed by atoms with Crippen LogP contribution in [0, 0.1) is 0 Å². The summed E-state index contributed by atoms with van der Waals surface area (Å²) in [6.07, 6.45) is 5.77. The van der Waals surface area contributed by atoms with Crippen molar-refractivity contribution in [2.24, 2.45) is 0 Å². The highest BCUT2D eigenvalue weighted by molar-refractivity contribution is 5.43. The minimum atomic E-state index is 0.525. The third-order valence-corrected chi connectivity index (χ3v) is 3.67. The van der Waals surface area contributed by atoms with Crippen LogP contribution in [0.4, 0.5) is 5.82 Å². The number of nitrogens with one attached hydrogen (secondary N) is 1. The molecule has 2 heterocycles. The first kappa shape index (κ1) is 13.3. The van der Waals surface area contributed by atoms with E-state index in [1.54, 1.807) is 0 Å². The molecule has 0 aliphatic carbocycles. The number of rotatable bonds is 5. The van der Waals surface area contributed by atoms with Crippen molar-refractivity contribution in [1.82, 2.24) is 10.3 Å². The molecule has 0 radical (unpaired) electrons. The van der Waals surface area contributed by atoms with E-state index in [4.69, 9.17) is 0 Å². The standard InChI is InChI=1S/C15H25N3/c1-4-14-6-5-9-18(14)15-10-13(7-8-16-15)11-17-12(2)3/h7-8,10,12,14,17H,4-6,9,11H2,1-3H3. The van der Waals surface area contributed by atoms with E-state index in [1.165, 1.54) is 24.8 Å². The molecule has 1 aromatic rings. The van der Waals surface area contributed by atoms with Crippen LogP contribution < -0.4 is 10.2 Å². The van der Waals surface area contributed by atoms with E-state index in [0.717, 1.165) is 18.9 Å². The number of pyridine rings is 1. The average molecular weight is 247 g/mol. The Morgan fingerprint density at radius 2 is 2.33 bits per heavy atom. The second-order valence-corrected chi connectivity index (χ2v) is 5.46. The van der Waals surface area contributed by atoms with Gasteiger partial charge in [-0.2, -0.15) is 0 Å². The molecule has 1 unspecified atom stereocenters. The molecule has 18 heavy (non-hydrogen) atoms. The van der Waals surface area contributed by atoms with Crippen LogP contribution >= 0.6 is 0 Å². The van der Waals surface area contributed by atoms with Crippen LogP contribution in [0.1, 0.15) is 45.6 Å².